The van der Waals surface area contributed by atoms with Crippen LogP contribution in [0.5, 0.6) is 0 Å². The summed E-state index contributed by atoms with van der Waals surface area (Å²) in [6.45, 7) is 5.58. The fraction of sp³-hybridized carbons (Fsp3) is 0.357. The summed E-state index contributed by atoms with van der Waals surface area (Å²) in [5.41, 5.74) is 2.16. The zero-order valence-electron chi connectivity index (χ0n) is 11.3. The number of aryl methyl sites for hydroxylation is 2. The third-order valence-corrected chi connectivity index (χ3v) is 2.78. The topological polar surface area (TPSA) is 68.0 Å². The second kappa shape index (κ2) is 5.65. The summed E-state index contributed by atoms with van der Waals surface area (Å²) in [7, 11) is 0. The summed E-state index contributed by atoms with van der Waals surface area (Å²) in [5.74, 6) is 0.927. The average molecular weight is 259 g/mol. The Labute approximate surface area is 112 Å². The summed E-state index contributed by atoms with van der Waals surface area (Å²) in [6.07, 6.45) is 0.345. The molecule has 0 saturated heterocycles. The Morgan fingerprint density at radius 3 is 2.58 bits per heavy atom. The number of rotatable bonds is 4. The standard InChI is InChI=1S/C14H17N3O2/c1-9-4-6-12(7-5-9)8-13(18)15-10(2)14-16-11(3)17-19-14/h4-7,10H,8H2,1-3H3,(H,15,18)/t10-/m1/s1. The van der Waals surface area contributed by atoms with Crippen molar-refractivity contribution >= 4 is 5.91 Å². The van der Waals surface area contributed by atoms with Gasteiger partial charge in [0.1, 0.15) is 6.04 Å². The highest BCUT2D eigenvalue weighted by atomic mass is 16.5. The van der Waals surface area contributed by atoms with Gasteiger partial charge in [-0.3, -0.25) is 4.79 Å². The van der Waals surface area contributed by atoms with Gasteiger partial charge in [-0.15, -0.1) is 0 Å². The zero-order chi connectivity index (χ0) is 13.8. The quantitative estimate of drug-likeness (QED) is 0.913. The predicted octanol–water partition coefficient (Wildman–Crippen LogP) is 2.11. The van der Waals surface area contributed by atoms with Gasteiger partial charge in [-0.2, -0.15) is 4.98 Å². The van der Waals surface area contributed by atoms with Gasteiger partial charge in [0.2, 0.25) is 11.8 Å². The fourth-order valence-electron chi connectivity index (χ4n) is 1.73. The molecule has 1 amide bonds. The Balaban J connectivity index is 1.92. The van der Waals surface area contributed by atoms with Crippen LogP contribution in [-0.2, 0) is 11.2 Å². The maximum absolute atomic E-state index is 11.9. The van der Waals surface area contributed by atoms with Crippen LogP contribution in [0.25, 0.3) is 0 Å². The summed E-state index contributed by atoms with van der Waals surface area (Å²) < 4.78 is 5.02. The molecule has 2 rings (SSSR count). The van der Waals surface area contributed by atoms with E-state index >= 15 is 0 Å². The first-order valence-electron chi connectivity index (χ1n) is 6.19. The molecule has 2 aromatic rings. The maximum Gasteiger partial charge on any atom is 0.248 e. The van der Waals surface area contributed by atoms with E-state index in [2.05, 4.69) is 15.5 Å². The molecule has 1 aromatic carbocycles. The van der Waals surface area contributed by atoms with Crippen molar-refractivity contribution < 1.29 is 9.32 Å². The van der Waals surface area contributed by atoms with Crippen molar-refractivity contribution in [1.82, 2.24) is 15.5 Å². The number of carbonyl (C=O) groups excluding carboxylic acids is 1. The molecule has 1 aromatic heterocycles. The minimum absolute atomic E-state index is 0.0628. The predicted molar refractivity (Wildman–Crippen MR) is 70.5 cm³/mol. The monoisotopic (exact) mass is 259 g/mol. The highest BCUT2D eigenvalue weighted by Crippen LogP contribution is 2.10. The van der Waals surface area contributed by atoms with Crippen LogP contribution in [-0.4, -0.2) is 16.0 Å². The molecule has 0 fully saturated rings. The Hall–Kier alpha value is -2.17. The van der Waals surface area contributed by atoms with E-state index in [1.54, 1.807) is 6.92 Å². The molecule has 1 N–H and O–H groups in total. The van der Waals surface area contributed by atoms with Crippen LogP contribution in [0, 0.1) is 13.8 Å². The van der Waals surface area contributed by atoms with Crippen molar-refractivity contribution in [2.24, 2.45) is 0 Å². The molecular weight excluding hydrogens is 242 g/mol. The Kier molecular flexibility index (Phi) is 3.94. The number of hydrogen-bond donors (Lipinski definition) is 1. The van der Waals surface area contributed by atoms with Crippen LogP contribution >= 0.6 is 0 Å². The molecule has 0 unspecified atom stereocenters. The molecule has 0 aliphatic heterocycles. The van der Waals surface area contributed by atoms with E-state index in [-0.39, 0.29) is 11.9 Å². The third kappa shape index (κ3) is 3.64. The number of aromatic nitrogens is 2. The first-order valence-corrected chi connectivity index (χ1v) is 6.19. The molecular formula is C14H17N3O2. The van der Waals surface area contributed by atoms with E-state index in [1.165, 1.54) is 5.56 Å². The number of benzene rings is 1. The van der Waals surface area contributed by atoms with Gasteiger partial charge in [-0.05, 0) is 26.3 Å². The normalized spacial score (nSPS) is 12.2. The van der Waals surface area contributed by atoms with E-state index in [4.69, 9.17) is 4.52 Å². The summed E-state index contributed by atoms with van der Waals surface area (Å²) in [4.78, 5) is 16.0. The number of carbonyl (C=O) groups is 1. The zero-order valence-corrected chi connectivity index (χ0v) is 11.3. The lowest BCUT2D eigenvalue weighted by Gasteiger charge is -2.09. The number of amides is 1. The number of nitrogens with zero attached hydrogens (tertiary/aromatic N) is 2. The van der Waals surface area contributed by atoms with E-state index in [1.807, 2.05) is 38.1 Å². The Bertz CT molecular complexity index is 560. The van der Waals surface area contributed by atoms with Crippen LogP contribution < -0.4 is 5.32 Å². The van der Waals surface area contributed by atoms with Gasteiger partial charge in [0, 0.05) is 0 Å². The highest BCUT2D eigenvalue weighted by Gasteiger charge is 2.15. The minimum atomic E-state index is -0.279. The molecule has 1 heterocycles. The lowest BCUT2D eigenvalue weighted by Crippen LogP contribution is -2.28. The van der Waals surface area contributed by atoms with E-state index in [0.29, 0.717) is 18.1 Å². The molecule has 0 bridgehead atoms. The second-order valence-corrected chi connectivity index (χ2v) is 4.63. The molecule has 100 valence electrons. The van der Waals surface area contributed by atoms with E-state index in [9.17, 15) is 4.79 Å². The van der Waals surface area contributed by atoms with Crippen LogP contribution in [0.15, 0.2) is 28.8 Å². The van der Waals surface area contributed by atoms with Crippen LogP contribution in [0.1, 0.15) is 35.8 Å². The molecule has 0 radical (unpaired) electrons. The lowest BCUT2D eigenvalue weighted by atomic mass is 10.1. The fourth-order valence-corrected chi connectivity index (χ4v) is 1.73. The molecule has 0 aliphatic carbocycles. The molecule has 0 aliphatic rings. The van der Waals surface area contributed by atoms with E-state index < -0.39 is 0 Å². The maximum atomic E-state index is 11.9. The van der Waals surface area contributed by atoms with Crippen molar-refractivity contribution in [3.8, 4) is 0 Å². The van der Waals surface area contributed by atoms with Gasteiger partial charge in [-0.1, -0.05) is 35.0 Å². The second-order valence-electron chi connectivity index (χ2n) is 4.63. The highest BCUT2D eigenvalue weighted by molar-refractivity contribution is 5.78. The third-order valence-electron chi connectivity index (χ3n) is 2.78. The number of hydrogen-bond acceptors (Lipinski definition) is 4. The van der Waals surface area contributed by atoms with Gasteiger partial charge in [0.15, 0.2) is 5.82 Å². The average Bonchev–Trinajstić information content (AvgIpc) is 2.79. The molecule has 0 spiro atoms. The van der Waals surface area contributed by atoms with Crippen molar-refractivity contribution in [2.45, 2.75) is 33.2 Å². The van der Waals surface area contributed by atoms with Gasteiger partial charge in [0.25, 0.3) is 0 Å². The SMILES string of the molecule is Cc1ccc(CC(=O)N[C@H](C)c2nc(C)no2)cc1. The van der Waals surface area contributed by atoms with Crippen molar-refractivity contribution in [1.29, 1.82) is 0 Å². The first kappa shape index (κ1) is 13.3. The van der Waals surface area contributed by atoms with Crippen molar-refractivity contribution in [3.05, 3.63) is 47.1 Å². The Morgan fingerprint density at radius 1 is 1.32 bits per heavy atom. The molecule has 5 heteroatoms. The van der Waals surface area contributed by atoms with Crippen molar-refractivity contribution in [3.63, 3.8) is 0 Å². The molecule has 0 saturated carbocycles. The largest absolute Gasteiger partial charge is 0.344 e. The van der Waals surface area contributed by atoms with Gasteiger partial charge in [-0.25, -0.2) is 0 Å². The van der Waals surface area contributed by atoms with Gasteiger partial charge < -0.3 is 9.84 Å². The molecule has 1 atom stereocenters. The van der Waals surface area contributed by atoms with Gasteiger partial charge in [0.05, 0.1) is 6.42 Å². The molecule has 19 heavy (non-hydrogen) atoms. The first-order chi connectivity index (χ1) is 9.04. The lowest BCUT2D eigenvalue weighted by molar-refractivity contribution is -0.121. The molecule has 5 nitrogen and oxygen atoms in total. The van der Waals surface area contributed by atoms with Crippen LogP contribution in [0.2, 0.25) is 0 Å². The smallest absolute Gasteiger partial charge is 0.248 e. The van der Waals surface area contributed by atoms with Crippen molar-refractivity contribution in [2.75, 3.05) is 0 Å². The van der Waals surface area contributed by atoms with Crippen LogP contribution in [0.3, 0.4) is 0 Å². The Morgan fingerprint density at radius 2 is 2.00 bits per heavy atom. The summed E-state index contributed by atoms with van der Waals surface area (Å²) in [6, 6.07) is 7.62. The minimum Gasteiger partial charge on any atom is -0.344 e. The number of nitrogens with one attached hydrogen (secondary N) is 1. The summed E-state index contributed by atoms with van der Waals surface area (Å²) >= 11 is 0. The van der Waals surface area contributed by atoms with E-state index in [0.717, 1.165) is 5.56 Å². The summed E-state index contributed by atoms with van der Waals surface area (Å²) in [5, 5.41) is 6.54. The van der Waals surface area contributed by atoms with Crippen LogP contribution in [0.4, 0.5) is 0 Å². The van der Waals surface area contributed by atoms with Gasteiger partial charge >= 0.3 is 0 Å².